The Labute approximate surface area is 159 Å². The second-order valence-electron chi connectivity index (χ2n) is 6.23. The maximum atomic E-state index is 12.7. The number of aliphatic carboxylic acids is 1. The lowest BCUT2D eigenvalue weighted by molar-refractivity contribution is -0.157. The fraction of sp³-hybridized carbons (Fsp3) is 0.333. The summed E-state index contributed by atoms with van der Waals surface area (Å²) in [6, 6.07) is 7.60. The van der Waals surface area contributed by atoms with E-state index >= 15 is 0 Å². The lowest BCUT2D eigenvalue weighted by Gasteiger charge is -2.49. The van der Waals surface area contributed by atoms with Crippen molar-refractivity contribution in [2.75, 3.05) is 5.75 Å². The molecule has 2 amide bonds. The molecule has 0 spiro atoms. The van der Waals surface area contributed by atoms with Crippen LogP contribution in [0, 0.1) is 0 Å². The lowest BCUT2D eigenvalue weighted by Crippen LogP contribution is -2.70. The number of nitrogens with one attached hydrogen (secondary N) is 1. The Morgan fingerprint density at radius 3 is 2.56 bits per heavy atom. The Balaban J connectivity index is 1.77. The molecule has 2 aliphatic rings. The molecule has 0 aliphatic carbocycles. The van der Waals surface area contributed by atoms with Gasteiger partial charge in [0.2, 0.25) is 6.10 Å². The Hall–Kier alpha value is -2.81. The minimum absolute atomic E-state index is 0.0335. The van der Waals surface area contributed by atoms with Gasteiger partial charge in [-0.05, 0) is 12.5 Å². The number of amides is 2. The molecule has 2 aliphatic heterocycles. The van der Waals surface area contributed by atoms with Crippen molar-refractivity contribution in [3.63, 3.8) is 0 Å². The quantitative estimate of drug-likeness (QED) is 0.571. The fourth-order valence-corrected chi connectivity index (χ4v) is 4.36. The van der Waals surface area contributed by atoms with E-state index in [4.69, 9.17) is 4.74 Å². The molecule has 2 heterocycles. The summed E-state index contributed by atoms with van der Waals surface area (Å²) in [4.78, 5) is 49.2. The first-order valence-corrected chi connectivity index (χ1v) is 9.26. The number of hydrogen-bond donors (Lipinski definition) is 2. The van der Waals surface area contributed by atoms with Crippen molar-refractivity contribution in [3.8, 4) is 0 Å². The van der Waals surface area contributed by atoms with Gasteiger partial charge in [0.15, 0.2) is 0 Å². The van der Waals surface area contributed by atoms with Crippen molar-refractivity contribution in [2.24, 2.45) is 0 Å². The van der Waals surface area contributed by atoms with Crippen LogP contribution in [0.15, 0.2) is 41.6 Å². The fourth-order valence-electron chi connectivity index (χ4n) is 3.07. The highest BCUT2D eigenvalue weighted by atomic mass is 32.2. The van der Waals surface area contributed by atoms with Gasteiger partial charge in [-0.15, -0.1) is 11.8 Å². The molecule has 3 atom stereocenters. The standard InChI is InChI=1S/C18H18N2O6S/c1-9-8-27-17-12(16(23)20(17)13(9)18(24)25)19-15(22)14(26-10(2)21)11-6-4-3-5-7-11/h3-7,12,14,17H,8H2,1-2H3,(H,19,22)(H,24,25)/t12-,14-,17-/m1/s1. The predicted molar refractivity (Wildman–Crippen MR) is 96.3 cm³/mol. The molecule has 1 aromatic carbocycles. The minimum Gasteiger partial charge on any atom is -0.477 e. The normalized spacial score (nSPS) is 22.4. The number of carbonyl (C=O) groups is 4. The molecule has 8 nitrogen and oxygen atoms in total. The van der Waals surface area contributed by atoms with Crippen LogP contribution < -0.4 is 5.32 Å². The molecule has 142 valence electrons. The summed E-state index contributed by atoms with van der Waals surface area (Å²) < 4.78 is 5.13. The molecule has 2 N–H and O–H groups in total. The Bertz CT molecular complexity index is 838. The minimum atomic E-state index is -1.18. The number of esters is 1. The first-order valence-electron chi connectivity index (χ1n) is 8.21. The van der Waals surface area contributed by atoms with Crippen molar-refractivity contribution in [1.82, 2.24) is 10.2 Å². The van der Waals surface area contributed by atoms with Crippen LogP contribution in [0.2, 0.25) is 0 Å². The zero-order valence-corrected chi connectivity index (χ0v) is 15.5. The molecule has 0 radical (unpaired) electrons. The van der Waals surface area contributed by atoms with Crippen LogP contribution in [-0.2, 0) is 23.9 Å². The van der Waals surface area contributed by atoms with Crippen LogP contribution in [0.25, 0.3) is 0 Å². The Morgan fingerprint density at radius 2 is 1.96 bits per heavy atom. The molecule has 27 heavy (non-hydrogen) atoms. The lowest BCUT2D eigenvalue weighted by atomic mass is 10.0. The van der Waals surface area contributed by atoms with Crippen LogP contribution in [0.4, 0.5) is 0 Å². The molecule has 1 aromatic rings. The number of benzene rings is 1. The molecule has 1 fully saturated rings. The maximum Gasteiger partial charge on any atom is 0.352 e. The third-order valence-corrected chi connectivity index (χ3v) is 5.71. The number of thioether (sulfide) groups is 1. The Kier molecular flexibility index (Phi) is 5.22. The molecule has 0 bridgehead atoms. The van der Waals surface area contributed by atoms with Gasteiger partial charge in [-0.2, -0.15) is 0 Å². The van der Waals surface area contributed by atoms with Crippen molar-refractivity contribution in [2.45, 2.75) is 31.4 Å². The number of carbonyl (C=O) groups excluding carboxylic acids is 3. The largest absolute Gasteiger partial charge is 0.477 e. The summed E-state index contributed by atoms with van der Waals surface area (Å²) in [5.74, 6) is -2.46. The van der Waals surface area contributed by atoms with Crippen LogP contribution in [-0.4, -0.2) is 50.9 Å². The second-order valence-corrected chi connectivity index (χ2v) is 7.34. The van der Waals surface area contributed by atoms with Crippen molar-refractivity contribution in [3.05, 3.63) is 47.2 Å². The number of carboxylic acids is 1. The number of carboxylic acid groups (broad SMARTS) is 1. The van der Waals surface area contributed by atoms with Crippen LogP contribution in [0.1, 0.15) is 25.5 Å². The van der Waals surface area contributed by atoms with Gasteiger partial charge in [-0.25, -0.2) is 4.79 Å². The van der Waals surface area contributed by atoms with Crippen LogP contribution >= 0.6 is 11.8 Å². The molecule has 0 aromatic heterocycles. The van der Waals surface area contributed by atoms with E-state index in [1.807, 2.05) is 0 Å². The number of β-lactam (4-membered cyclic amide) rings is 1. The van der Waals surface area contributed by atoms with E-state index in [9.17, 15) is 24.3 Å². The average molecular weight is 390 g/mol. The third-order valence-electron chi connectivity index (χ3n) is 4.28. The van der Waals surface area contributed by atoms with Gasteiger partial charge in [-0.1, -0.05) is 30.3 Å². The topological polar surface area (TPSA) is 113 Å². The van der Waals surface area contributed by atoms with Crippen LogP contribution in [0.5, 0.6) is 0 Å². The molecule has 1 saturated heterocycles. The summed E-state index contributed by atoms with van der Waals surface area (Å²) in [5.41, 5.74) is 1.05. The maximum absolute atomic E-state index is 12.7. The third kappa shape index (κ3) is 3.55. The predicted octanol–water partition coefficient (Wildman–Crippen LogP) is 1.05. The van der Waals surface area contributed by atoms with Crippen molar-refractivity contribution < 1.29 is 29.0 Å². The molecule has 3 rings (SSSR count). The molecule has 0 saturated carbocycles. The first-order chi connectivity index (χ1) is 12.8. The van der Waals surface area contributed by atoms with Crippen LogP contribution in [0.3, 0.4) is 0 Å². The van der Waals surface area contributed by atoms with Gasteiger partial charge >= 0.3 is 11.9 Å². The highest BCUT2D eigenvalue weighted by molar-refractivity contribution is 8.00. The molecular weight excluding hydrogens is 372 g/mol. The SMILES string of the molecule is CC(=O)O[C@@H](C(=O)N[C@@H]1C(=O)N2C(C(=O)O)=C(C)CS[C@H]12)c1ccccc1. The highest BCUT2D eigenvalue weighted by Gasteiger charge is 2.54. The molecular formula is C18H18N2O6S. The number of ether oxygens (including phenoxy) is 1. The first kappa shape index (κ1) is 19.0. The van der Waals surface area contributed by atoms with E-state index in [0.29, 0.717) is 16.9 Å². The van der Waals surface area contributed by atoms with E-state index in [2.05, 4.69) is 5.32 Å². The van der Waals surface area contributed by atoms with Gasteiger partial charge in [0.1, 0.15) is 17.1 Å². The van der Waals surface area contributed by atoms with Gasteiger partial charge in [0, 0.05) is 18.2 Å². The van der Waals surface area contributed by atoms with Crippen molar-refractivity contribution >= 4 is 35.5 Å². The number of nitrogens with zero attached hydrogens (tertiary/aromatic N) is 1. The van der Waals surface area contributed by atoms with Gasteiger partial charge < -0.3 is 15.2 Å². The van der Waals surface area contributed by atoms with Crippen molar-refractivity contribution in [1.29, 1.82) is 0 Å². The average Bonchev–Trinajstić information content (AvgIpc) is 2.64. The van der Waals surface area contributed by atoms with E-state index in [0.717, 1.165) is 0 Å². The Morgan fingerprint density at radius 1 is 1.30 bits per heavy atom. The molecule has 9 heteroatoms. The number of rotatable bonds is 5. The summed E-state index contributed by atoms with van der Waals surface area (Å²) in [5, 5.41) is 11.5. The number of hydrogen-bond acceptors (Lipinski definition) is 6. The van der Waals surface area contributed by atoms with E-state index in [-0.39, 0.29) is 5.70 Å². The van der Waals surface area contributed by atoms with E-state index in [1.165, 1.54) is 23.6 Å². The van der Waals surface area contributed by atoms with Gasteiger partial charge in [-0.3, -0.25) is 19.3 Å². The zero-order valence-electron chi connectivity index (χ0n) is 14.7. The summed E-state index contributed by atoms with van der Waals surface area (Å²) in [6.45, 7) is 2.86. The summed E-state index contributed by atoms with van der Waals surface area (Å²) in [6.07, 6.45) is -1.18. The zero-order chi connectivity index (χ0) is 19.7. The summed E-state index contributed by atoms with van der Waals surface area (Å²) >= 11 is 1.38. The highest BCUT2D eigenvalue weighted by Crippen LogP contribution is 2.40. The van der Waals surface area contributed by atoms with E-state index in [1.54, 1.807) is 37.3 Å². The van der Waals surface area contributed by atoms with Gasteiger partial charge in [0.25, 0.3) is 11.8 Å². The van der Waals surface area contributed by atoms with E-state index < -0.39 is 41.3 Å². The second kappa shape index (κ2) is 7.43. The number of fused-ring (bicyclic) bond motifs is 1. The molecule has 0 unspecified atom stereocenters. The van der Waals surface area contributed by atoms with Gasteiger partial charge in [0.05, 0.1) is 0 Å². The summed E-state index contributed by atoms with van der Waals surface area (Å²) in [7, 11) is 0. The monoisotopic (exact) mass is 390 g/mol. The smallest absolute Gasteiger partial charge is 0.352 e.